The Hall–Kier alpha value is -2.05. The minimum atomic E-state index is -0.0829. The number of hydrogen-bond donors (Lipinski definition) is 1. The zero-order valence-corrected chi connectivity index (χ0v) is 11.8. The van der Waals surface area contributed by atoms with Crippen LogP contribution in [0.15, 0.2) is 40.2 Å². The molecule has 0 radical (unpaired) electrons. The van der Waals surface area contributed by atoms with E-state index >= 15 is 0 Å². The van der Waals surface area contributed by atoms with Gasteiger partial charge in [-0.2, -0.15) is 4.98 Å². The average Bonchev–Trinajstić information content (AvgIpc) is 3.08. The lowest BCUT2D eigenvalue weighted by molar-refractivity contribution is 0.423. The smallest absolute Gasteiger partial charge is 0.277 e. The van der Waals surface area contributed by atoms with Crippen molar-refractivity contribution in [1.82, 2.24) is 15.1 Å². The van der Waals surface area contributed by atoms with Gasteiger partial charge in [-0.3, -0.25) is 0 Å². The first kappa shape index (κ1) is 13.0. The van der Waals surface area contributed by atoms with Crippen LogP contribution in [0, 0.1) is 0 Å². The van der Waals surface area contributed by atoms with Crippen LogP contribution in [0.2, 0.25) is 0 Å². The van der Waals surface area contributed by atoms with Crippen LogP contribution in [0.5, 0.6) is 0 Å². The van der Waals surface area contributed by atoms with Gasteiger partial charge in [0.05, 0.1) is 6.04 Å². The van der Waals surface area contributed by atoms with Gasteiger partial charge in [-0.1, -0.05) is 35.5 Å². The van der Waals surface area contributed by atoms with Crippen LogP contribution in [-0.2, 0) is 6.42 Å². The average molecular weight is 286 g/mol. The molecule has 5 nitrogen and oxygen atoms in total. The van der Waals surface area contributed by atoms with Crippen LogP contribution < -0.4 is 5.73 Å². The Bertz CT molecular complexity index is 690. The third kappa shape index (κ3) is 2.76. The van der Waals surface area contributed by atoms with E-state index in [1.54, 1.807) is 0 Å². The Morgan fingerprint density at radius 2 is 2.05 bits per heavy atom. The molecule has 1 atom stereocenters. The van der Waals surface area contributed by atoms with Crippen LogP contribution in [0.3, 0.4) is 0 Å². The summed E-state index contributed by atoms with van der Waals surface area (Å²) in [4.78, 5) is 8.77. The van der Waals surface area contributed by atoms with Crippen molar-refractivity contribution >= 4 is 11.3 Å². The molecular weight excluding hydrogens is 272 g/mol. The Morgan fingerprint density at radius 1 is 1.25 bits per heavy atom. The van der Waals surface area contributed by atoms with Gasteiger partial charge in [0.2, 0.25) is 0 Å². The van der Waals surface area contributed by atoms with Gasteiger partial charge >= 0.3 is 0 Å². The van der Waals surface area contributed by atoms with E-state index in [4.69, 9.17) is 10.3 Å². The van der Waals surface area contributed by atoms with Crippen molar-refractivity contribution in [3.8, 4) is 11.6 Å². The van der Waals surface area contributed by atoms with Gasteiger partial charge in [-0.15, -0.1) is 11.3 Å². The molecule has 0 saturated carbocycles. The van der Waals surface area contributed by atoms with Gasteiger partial charge in [0.25, 0.3) is 5.89 Å². The molecule has 0 fully saturated rings. The molecule has 6 heteroatoms. The maximum absolute atomic E-state index is 5.79. The van der Waals surface area contributed by atoms with E-state index in [2.05, 4.69) is 15.1 Å². The fourth-order valence-electron chi connectivity index (χ4n) is 1.80. The first-order chi connectivity index (χ1) is 9.72. The molecule has 3 aromatic rings. The summed E-state index contributed by atoms with van der Waals surface area (Å²) in [7, 11) is 0. The van der Waals surface area contributed by atoms with E-state index in [-0.39, 0.29) is 6.04 Å². The molecule has 2 heterocycles. The molecule has 2 aromatic heterocycles. The van der Waals surface area contributed by atoms with Gasteiger partial charge in [0, 0.05) is 11.8 Å². The highest BCUT2D eigenvalue weighted by molar-refractivity contribution is 7.10. The number of benzene rings is 1. The van der Waals surface area contributed by atoms with Gasteiger partial charge in [0.15, 0.2) is 5.82 Å². The number of thiazole rings is 1. The molecular formula is C14H14N4OS. The second-order valence-electron chi connectivity index (χ2n) is 4.54. The number of rotatable bonds is 4. The van der Waals surface area contributed by atoms with E-state index in [1.165, 1.54) is 11.3 Å². The molecule has 1 unspecified atom stereocenters. The lowest BCUT2D eigenvalue weighted by Crippen LogP contribution is -2.03. The number of nitrogens with two attached hydrogens (primary N) is 1. The van der Waals surface area contributed by atoms with Gasteiger partial charge in [0.1, 0.15) is 10.7 Å². The summed E-state index contributed by atoms with van der Waals surface area (Å²) in [6.07, 6.45) is 0.647. The van der Waals surface area contributed by atoms with E-state index in [0.29, 0.717) is 23.8 Å². The maximum atomic E-state index is 5.79. The highest BCUT2D eigenvalue weighted by Crippen LogP contribution is 2.23. The van der Waals surface area contributed by atoms with Crippen molar-refractivity contribution < 1.29 is 4.52 Å². The summed E-state index contributed by atoms with van der Waals surface area (Å²) in [5, 5.41) is 6.74. The summed E-state index contributed by atoms with van der Waals surface area (Å²) < 4.78 is 5.26. The lowest BCUT2D eigenvalue weighted by atomic mass is 10.1. The Morgan fingerprint density at radius 3 is 2.75 bits per heavy atom. The van der Waals surface area contributed by atoms with Crippen molar-refractivity contribution in [2.45, 2.75) is 19.4 Å². The monoisotopic (exact) mass is 286 g/mol. The highest BCUT2D eigenvalue weighted by Gasteiger charge is 2.14. The lowest BCUT2D eigenvalue weighted by Gasteiger charge is -1.95. The molecule has 0 saturated heterocycles. The van der Waals surface area contributed by atoms with Gasteiger partial charge < -0.3 is 10.3 Å². The Kier molecular flexibility index (Phi) is 3.58. The first-order valence-electron chi connectivity index (χ1n) is 6.30. The molecule has 102 valence electrons. The fourth-order valence-corrected chi connectivity index (χ4v) is 2.55. The third-order valence-electron chi connectivity index (χ3n) is 2.80. The maximum Gasteiger partial charge on any atom is 0.277 e. The normalized spacial score (nSPS) is 12.5. The molecule has 3 rings (SSSR count). The van der Waals surface area contributed by atoms with E-state index in [9.17, 15) is 0 Å². The van der Waals surface area contributed by atoms with Gasteiger partial charge in [-0.25, -0.2) is 4.98 Å². The Balaban J connectivity index is 1.79. The largest absolute Gasteiger partial charge is 0.332 e. The highest BCUT2D eigenvalue weighted by atomic mass is 32.1. The van der Waals surface area contributed by atoms with Crippen LogP contribution in [0.4, 0.5) is 0 Å². The quantitative estimate of drug-likeness (QED) is 0.798. The SMILES string of the molecule is CC(N)c1nc(-c2nc(Cc3ccccc3)no2)cs1. The minimum absolute atomic E-state index is 0.0829. The first-order valence-corrected chi connectivity index (χ1v) is 7.18. The van der Waals surface area contributed by atoms with Crippen molar-refractivity contribution in [3.63, 3.8) is 0 Å². The Labute approximate surface area is 120 Å². The van der Waals surface area contributed by atoms with Crippen molar-refractivity contribution in [3.05, 3.63) is 52.1 Å². The fraction of sp³-hybridized carbons (Fsp3) is 0.214. The summed E-state index contributed by atoms with van der Waals surface area (Å²) in [6.45, 7) is 1.90. The molecule has 2 N–H and O–H groups in total. The third-order valence-corrected chi connectivity index (χ3v) is 3.85. The standard InChI is InChI=1S/C14H14N4OS/c1-9(15)14-16-11(8-20-14)13-17-12(18-19-13)7-10-5-3-2-4-6-10/h2-6,8-9H,7,15H2,1H3. The van der Waals surface area contributed by atoms with Crippen LogP contribution >= 0.6 is 11.3 Å². The van der Waals surface area contributed by atoms with E-state index in [0.717, 1.165) is 10.6 Å². The van der Waals surface area contributed by atoms with E-state index < -0.39 is 0 Å². The minimum Gasteiger partial charge on any atom is -0.332 e. The molecule has 1 aromatic carbocycles. The van der Waals surface area contributed by atoms with Crippen molar-refractivity contribution in [1.29, 1.82) is 0 Å². The molecule has 0 amide bonds. The number of aromatic nitrogens is 3. The molecule has 0 bridgehead atoms. The zero-order chi connectivity index (χ0) is 13.9. The number of hydrogen-bond acceptors (Lipinski definition) is 6. The topological polar surface area (TPSA) is 77.8 Å². The second-order valence-corrected chi connectivity index (χ2v) is 5.43. The molecule has 0 aliphatic carbocycles. The number of nitrogens with zero attached hydrogens (tertiary/aromatic N) is 3. The summed E-state index contributed by atoms with van der Waals surface area (Å²) >= 11 is 1.50. The van der Waals surface area contributed by atoms with Gasteiger partial charge in [-0.05, 0) is 12.5 Å². The van der Waals surface area contributed by atoms with E-state index in [1.807, 2.05) is 42.6 Å². The van der Waals surface area contributed by atoms with Crippen LogP contribution in [-0.4, -0.2) is 15.1 Å². The van der Waals surface area contributed by atoms with Crippen LogP contribution in [0.1, 0.15) is 29.4 Å². The second kappa shape index (κ2) is 5.52. The van der Waals surface area contributed by atoms with Crippen molar-refractivity contribution in [2.24, 2.45) is 5.73 Å². The van der Waals surface area contributed by atoms with Crippen LogP contribution in [0.25, 0.3) is 11.6 Å². The predicted molar refractivity (Wildman–Crippen MR) is 77.3 cm³/mol. The summed E-state index contributed by atoms with van der Waals surface area (Å²) in [6, 6.07) is 9.95. The summed E-state index contributed by atoms with van der Waals surface area (Å²) in [5.41, 5.74) is 7.63. The molecule has 0 aliphatic rings. The molecule has 0 aliphatic heterocycles. The van der Waals surface area contributed by atoms with Crippen molar-refractivity contribution in [2.75, 3.05) is 0 Å². The summed E-state index contributed by atoms with van der Waals surface area (Å²) in [5.74, 6) is 1.10. The molecule has 20 heavy (non-hydrogen) atoms. The predicted octanol–water partition coefficient (Wildman–Crippen LogP) is 2.80. The molecule has 0 spiro atoms. The zero-order valence-electron chi connectivity index (χ0n) is 11.0.